The first-order valence-corrected chi connectivity index (χ1v) is 9.58. The second-order valence-electron chi connectivity index (χ2n) is 6.37. The average molecular weight is 410 g/mol. The van der Waals surface area contributed by atoms with Gasteiger partial charge in [-0.25, -0.2) is 0 Å². The molecule has 0 aliphatic heterocycles. The minimum Gasteiger partial charge on any atom is -0.494 e. The summed E-state index contributed by atoms with van der Waals surface area (Å²) in [6, 6.07) is 14.1. The van der Waals surface area contributed by atoms with Gasteiger partial charge in [0.1, 0.15) is 5.75 Å². The summed E-state index contributed by atoms with van der Waals surface area (Å²) in [7, 11) is 0. The van der Waals surface area contributed by atoms with Crippen LogP contribution in [0.1, 0.15) is 25.8 Å². The number of carbonyl (C=O) groups excluding carboxylic acids is 3. The molecular formula is C22H26N4O4. The number of carbonyl (C=O) groups is 3. The molecule has 0 aliphatic carbocycles. The van der Waals surface area contributed by atoms with Crippen molar-refractivity contribution in [2.75, 3.05) is 17.2 Å². The van der Waals surface area contributed by atoms with Gasteiger partial charge in [-0.2, -0.15) is 0 Å². The zero-order chi connectivity index (χ0) is 21.9. The molecule has 4 N–H and O–H groups in total. The molecule has 0 bridgehead atoms. The van der Waals surface area contributed by atoms with Gasteiger partial charge in [-0.1, -0.05) is 25.6 Å². The summed E-state index contributed by atoms with van der Waals surface area (Å²) in [5.41, 5.74) is 7.17. The number of nitrogens with one attached hydrogen (secondary N) is 4. The predicted molar refractivity (Wildman–Crippen MR) is 116 cm³/mol. The fourth-order valence-electron chi connectivity index (χ4n) is 2.46. The highest BCUT2D eigenvalue weighted by atomic mass is 16.5. The lowest BCUT2D eigenvalue weighted by atomic mass is 10.1. The Hall–Kier alpha value is -3.81. The van der Waals surface area contributed by atoms with Gasteiger partial charge in [0.2, 0.25) is 5.91 Å². The molecular weight excluding hydrogens is 384 g/mol. The van der Waals surface area contributed by atoms with E-state index in [9.17, 15) is 14.4 Å². The Bertz CT molecular complexity index is 892. The van der Waals surface area contributed by atoms with Crippen LogP contribution < -0.4 is 26.2 Å². The average Bonchev–Trinajstić information content (AvgIpc) is 2.74. The maximum atomic E-state index is 12.1. The molecule has 8 nitrogen and oxygen atoms in total. The second kappa shape index (κ2) is 11.3. The van der Waals surface area contributed by atoms with E-state index in [0.29, 0.717) is 23.7 Å². The van der Waals surface area contributed by atoms with Crippen molar-refractivity contribution in [1.29, 1.82) is 0 Å². The monoisotopic (exact) mass is 410 g/mol. The lowest BCUT2D eigenvalue weighted by Gasteiger charge is -2.12. The van der Waals surface area contributed by atoms with Gasteiger partial charge in [0, 0.05) is 17.1 Å². The molecule has 8 heteroatoms. The second-order valence-corrected chi connectivity index (χ2v) is 6.37. The summed E-state index contributed by atoms with van der Waals surface area (Å²) < 4.78 is 5.34. The van der Waals surface area contributed by atoms with Gasteiger partial charge in [0.05, 0.1) is 13.0 Å². The molecule has 0 aliphatic rings. The molecule has 2 aromatic rings. The molecule has 2 aromatic carbocycles. The van der Waals surface area contributed by atoms with Gasteiger partial charge >= 0.3 is 11.8 Å². The first-order valence-electron chi connectivity index (χ1n) is 9.58. The smallest absolute Gasteiger partial charge is 0.327 e. The van der Waals surface area contributed by atoms with E-state index in [-0.39, 0.29) is 18.0 Å². The van der Waals surface area contributed by atoms with E-state index < -0.39 is 11.8 Å². The Labute approximate surface area is 175 Å². The Morgan fingerprint density at radius 1 is 0.833 bits per heavy atom. The number of anilines is 2. The number of rotatable bonds is 9. The highest BCUT2D eigenvalue weighted by Crippen LogP contribution is 2.16. The van der Waals surface area contributed by atoms with E-state index in [4.69, 9.17) is 4.74 Å². The molecule has 0 atom stereocenters. The first-order chi connectivity index (χ1) is 14.4. The predicted octanol–water partition coefficient (Wildman–Crippen LogP) is 2.75. The number of hydrogen-bond donors (Lipinski definition) is 4. The van der Waals surface area contributed by atoms with Crippen LogP contribution in [0.5, 0.6) is 5.75 Å². The van der Waals surface area contributed by atoms with Crippen LogP contribution >= 0.6 is 0 Å². The van der Waals surface area contributed by atoms with E-state index in [0.717, 1.165) is 12.0 Å². The van der Waals surface area contributed by atoms with Crippen molar-refractivity contribution >= 4 is 29.1 Å². The lowest BCUT2D eigenvalue weighted by Crippen LogP contribution is -2.43. The number of ether oxygens (including phenoxy) is 1. The molecule has 3 amide bonds. The summed E-state index contributed by atoms with van der Waals surface area (Å²) in [4.78, 5) is 35.9. The van der Waals surface area contributed by atoms with Gasteiger partial charge in [-0.15, -0.1) is 0 Å². The number of amides is 3. The first kappa shape index (κ1) is 22.5. The van der Waals surface area contributed by atoms with Crippen LogP contribution in [-0.2, 0) is 20.8 Å². The third-order valence-corrected chi connectivity index (χ3v) is 4.00. The van der Waals surface area contributed by atoms with Crippen LogP contribution in [0.3, 0.4) is 0 Å². The van der Waals surface area contributed by atoms with Crippen molar-refractivity contribution in [3.63, 3.8) is 0 Å². The molecule has 0 radical (unpaired) electrons. The highest BCUT2D eigenvalue weighted by Gasteiger charge is 2.14. The van der Waals surface area contributed by atoms with E-state index in [1.54, 1.807) is 36.4 Å². The zero-order valence-corrected chi connectivity index (χ0v) is 17.1. The third-order valence-electron chi connectivity index (χ3n) is 4.00. The quantitative estimate of drug-likeness (QED) is 0.376. The SMILES string of the molecule is C=C(CC(=O)Nc1ccc(OCC)cc1)NNC(=O)C(=O)Nc1ccc(CC)cc1. The van der Waals surface area contributed by atoms with E-state index >= 15 is 0 Å². The Kier molecular flexibility index (Phi) is 8.43. The molecule has 2 rings (SSSR count). The van der Waals surface area contributed by atoms with E-state index in [2.05, 4.69) is 28.1 Å². The largest absolute Gasteiger partial charge is 0.494 e. The van der Waals surface area contributed by atoms with Gasteiger partial charge in [-0.3, -0.25) is 19.8 Å². The molecule has 30 heavy (non-hydrogen) atoms. The minimum atomic E-state index is -0.900. The maximum Gasteiger partial charge on any atom is 0.327 e. The van der Waals surface area contributed by atoms with Crippen molar-refractivity contribution < 1.29 is 19.1 Å². The van der Waals surface area contributed by atoms with Crippen LogP contribution in [0.2, 0.25) is 0 Å². The summed E-state index contributed by atoms with van der Waals surface area (Å²) in [5.74, 6) is -1.35. The number of hydrogen-bond acceptors (Lipinski definition) is 5. The Morgan fingerprint density at radius 3 is 2.03 bits per heavy atom. The molecule has 0 aromatic heterocycles. The van der Waals surface area contributed by atoms with Gasteiger partial charge in [-0.05, 0) is 55.3 Å². The third kappa shape index (κ3) is 7.31. The molecule has 0 spiro atoms. The van der Waals surface area contributed by atoms with Gasteiger partial charge in [0.15, 0.2) is 0 Å². The van der Waals surface area contributed by atoms with Gasteiger partial charge in [0.25, 0.3) is 0 Å². The Morgan fingerprint density at radius 2 is 1.43 bits per heavy atom. The molecule has 158 valence electrons. The standard InChI is InChI=1S/C22H26N4O4/c1-4-16-6-8-18(9-7-16)24-21(28)22(29)26-25-15(3)14-20(27)23-17-10-12-19(13-11-17)30-5-2/h6-13,25H,3-5,14H2,1-2H3,(H,23,27)(H,24,28)(H,26,29). The van der Waals surface area contributed by atoms with E-state index in [1.807, 2.05) is 26.0 Å². The maximum absolute atomic E-state index is 12.1. The summed E-state index contributed by atoms with van der Waals surface area (Å²) in [5, 5.41) is 5.20. The molecule has 0 saturated carbocycles. The van der Waals surface area contributed by atoms with Crippen molar-refractivity contribution in [3.8, 4) is 5.75 Å². The highest BCUT2D eigenvalue weighted by molar-refractivity contribution is 6.39. The van der Waals surface area contributed by atoms with Gasteiger partial charge < -0.3 is 20.8 Å². The topological polar surface area (TPSA) is 109 Å². The van der Waals surface area contributed by atoms with E-state index in [1.165, 1.54) is 0 Å². The van der Waals surface area contributed by atoms with Crippen LogP contribution in [0.25, 0.3) is 0 Å². The number of hydrazine groups is 1. The summed E-state index contributed by atoms with van der Waals surface area (Å²) in [6.45, 7) is 8.15. The molecule has 0 fully saturated rings. The fourth-order valence-corrected chi connectivity index (χ4v) is 2.46. The van der Waals surface area contributed by atoms with Crippen LogP contribution in [0.4, 0.5) is 11.4 Å². The molecule has 0 heterocycles. The van der Waals surface area contributed by atoms with Crippen molar-refractivity contribution in [1.82, 2.24) is 10.9 Å². The normalized spacial score (nSPS) is 9.93. The number of benzene rings is 2. The van der Waals surface area contributed by atoms with Crippen molar-refractivity contribution in [2.24, 2.45) is 0 Å². The van der Waals surface area contributed by atoms with Crippen molar-refractivity contribution in [2.45, 2.75) is 26.7 Å². The summed E-state index contributed by atoms with van der Waals surface area (Å²) >= 11 is 0. The van der Waals surface area contributed by atoms with Crippen LogP contribution in [0.15, 0.2) is 60.8 Å². The zero-order valence-electron chi connectivity index (χ0n) is 17.1. The lowest BCUT2D eigenvalue weighted by molar-refractivity contribution is -0.136. The minimum absolute atomic E-state index is 0.0897. The van der Waals surface area contributed by atoms with Crippen molar-refractivity contribution in [3.05, 3.63) is 66.4 Å². The summed E-state index contributed by atoms with van der Waals surface area (Å²) in [6.07, 6.45) is 0.792. The number of aryl methyl sites for hydroxylation is 1. The molecule has 0 saturated heterocycles. The van der Waals surface area contributed by atoms with Crippen LogP contribution in [0, 0.1) is 0 Å². The molecule has 0 unspecified atom stereocenters. The van der Waals surface area contributed by atoms with Crippen LogP contribution in [-0.4, -0.2) is 24.3 Å². The fraction of sp³-hybridized carbons (Fsp3) is 0.227. The Balaban J connectivity index is 1.73.